The summed E-state index contributed by atoms with van der Waals surface area (Å²) in [6.45, 7) is 0.337. The summed E-state index contributed by atoms with van der Waals surface area (Å²) in [5.74, 6) is -2.85. The highest BCUT2D eigenvalue weighted by atomic mass is 19.4. The van der Waals surface area contributed by atoms with Crippen LogP contribution >= 0.6 is 0 Å². The highest BCUT2D eigenvalue weighted by Crippen LogP contribution is 2.47. The van der Waals surface area contributed by atoms with Crippen LogP contribution in [0.3, 0.4) is 0 Å². The molecule has 1 spiro atoms. The molecular weight excluding hydrogens is 555 g/mol. The summed E-state index contributed by atoms with van der Waals surface area (Å²) in [4.78, 5) is 16.5. The second-order valence-corrected chi connectivity index (χ2v) is 12.4. The lowest BCUT2D eigenvalue weighted by atomic mass is 9.68. The SMILES string of the molecule is O=C([C@@H]1CNC[C@]12COCc1c(OCC(F)(F)F)cccc12)N1CC[C@@H](c2ccccc2)CC1C1CCC(F)(F)CC1. The average Bonchev–Trinajstić information content (AvgIpc) is 3.39. The van der Waals surface area contributed by atoms with Gasteiger partial charge in [-0.25, -0.2) is 8.78 Å². The first-order valence-electron chi connectivity index (χ1n) is 14.9. The number of likely N-dealkylation sites (tertiary alicyclic amines) is 1. The van der Waals surface area contributed by atoms with Gasteiger partial charge < -0.3 is 19.7 Å². The molecule has 4 atom stereocenters. The zero-order valence-corrected chi connectivity index (χ0v) is 23.5. The summed E-state index contributed by atoms with van der Waals surface area (Å²) < 4.78 is 78.3. The number of hydrogen-bond donors (Lipinski definition) is 1. The van der Waals surface area contributed by atoms with Crippen LogP contribution in [0, 0.1) is 11.8 Å². The summed E-state index contributed by atoms with van der Waals surface area (Å²) in [7, 11) is 0. The molecule has 0 aromatic heterocycles. The molecule has 228 valence electrons. The number of benzene rings is 2. The number of carbonyl (C=O) groups is 1. The molecule has 2 aromatic rings. The number of fused-ring (bicyclic) bond motifs is 2. The van der Waals surface area contributed by atoms with Crippen LogP contribution < -0.4 is 10.1 Å². The van der Waals surface area contributed by atoms with Gasteiger partial charge in [0, 0.05) is 49.5 Å². The van der Waals surface area contributed by atoms with Gasteiger partial charge in [0.15, 0.2) is 6.61 Å². The zero-order valence-electron chi connectivity index (χ0n) is 23.5. The van der Waals surface area contributed by atoms with Crippen LogP contribution in [0.1, 0.15) is 61.1 Å². The molecule has 2 saturated heterocycles. The molecule has 1 unspecified atom stereocenters. The van der Waals surface area contributed by atoms with Crippen molar-refractivity contribution in [2.24, 2.45) is 11.8 Å². The van der Waals surface area contributed by atoms with Gasteiger partial charge in [-0.15, -0.1) is 0 Å². The molecule has 1 saturated carbocycles. The van der Waals surface area contributed by atoms with E-state index in [0.717, 1.165) is 18.4 Å². The maximum atomic E-state index is 14.6. The van der Waals surface area contributed by atoms with Crippen LogP contribution in [0.15, 0.2) is 48.5 Å². The number of nitrogens with one attached hydrogen (secondary N) is 1. The number of carbonyl (C=O) groups excluding carboxylic acids is 1. The second-order valence-electron chi connectivity index (χ2n) is 12.4. The van der Waals surface area contributed by atoms with Crippen LogP contribution in [0.2, 0.25) is 0 Å². The Kier molecular flexibility index (Phi) is 7.98. The Morgan fingerprint density at radius 1 is 1.05 bits per heavy atom. The Bertz CT molecular complexity index is 1260. The van der Waals surface area contributed by atoms with Crippen molar-refractivity contribution in [3.63, 3.8) is 0 Å². The van der Waals surface area contributed by atoms with E-state index in [2.05, 4.69) is 17.4 Å². The van der Waals surface area contributed by atoms with Gasteiger partial charge in [0.1, 0.15) is 5.75 Å². The largest absolute Gasteiger partial charge is 0.484 e. The molecule has 3 fully saturated rings. The van der Waals surface area contributed by atoms with Crippen LogP contribution in [-0.2, 0) is 21.6 Å². The fraction of sp³-hybridized carbons (Fsp3) is 0.594. The van der Waals surface area contributed by atoms with Gasteiger partial charge in [-0.3, -0.25) is 4.79 Å². The van der Waals surface area contributed by atoms with Crippen molar-refractivity contribution in [1.29, 1.82) is 0 Å². The quantitative estimate of drug-likeness (QED) is 0.420. The molecule has 3 heterocycles. The standard InChI is InChI=1S/C32H37F5N2O3/c33-31(34)12-9-22(10-13-31)27-15-23(21-5-2-1-3-6-21)11-14-39(27)29(40)26-16-38-18-30(26)19-41-17-24-25(30)7-4-8-28(24)42-20-32(35,36)37/h1-8,22-23,26-27,38H,9-20H2/t23-,26+,27?,30-/m1/s1. The van der Waals surface area contributed by atoms with Crippen LogP contribution in [0.4, 0.5) is 22.0 Å². The van der Waals surface area contributed by atoms with Gasteiger partial charge in [0.25, 0.3) is 0 Å². The normalized spacial score (nSPS) is 29.8. The first kappa shape index (κ1) is 29.4. The summed E-state index contributed by atoms with van der Waals surface area (Å²) in [5.41, 5.74) is 1.77. The number of rotatable bonds is 5. The maximum Gasteiger partial charge on any atom is 0.422 e. The van der Waals surface area contributed by atoms with E-state index in [1.165, 1.54) is 11.6 Å². The molecule has 6 rings (SSSR count). The topological polar surface area (TPSA) is 50.8 Å². The number of piperidine rings is 1. The molecule has 0 radical (unpaired) electrons. The van der Waals surface area contributed by atoms with E-state index >= 15 is 0 Å². The second kappa shape index (κ2) is 11.4. The van der Waals surface area contributed by atoms with Gasteiger partial charge in [-0.05, 0) is 54.7 Å². The fourth-order valence-electron chi connectivity index (χ4n) is 7.80. The smallest absolute Gasteiger partial charge is 0.422 e. The number of hydrogen-bond acceptors (Lipinski definition) is 4. The van der Waals surface area contributed by atoms with Crippen molar-refractivity contribution in [3.8, 4) is 5.75 Å². The van der Waals surface area contributed by atoms with Crippen molar-refractivity contribution >= 4 is 5.91 Å². The minimum atomic E-state index is -4.48. The molecule has 1 amide bonds. The Labute approximate surface area is 242 Å². The van der Waals surface area contributed by atoms with Crippen molar-refractivity contribution < 1.29 is 36.2 Å². The van der Waals surface area contributed by atoms with E-state index in [9.17, 15) is 26.7 Å². The van der Waals surface area contributed by atoms with Crippen molar-refractivity contribution in [1.82, 2.24) is 10.2 Å². The van der Waals surface area contributed by atoms with Crippen LogP contribution in [0.25, 0.3) is 0 Å². The molecule has 1 N–H and O–H groups in total. The van der Waals surface area contributed by atoms with Crippen molar-refractivity contribution in [3.05, 3.63) is 65.2 Å². The third-order valence-electron chi connectivity index (χ3n) is 9.93. The lowest BCUT2D eigenvalue weighted by molar-refractivity contribution is -0.153. The van der Waals surface area contributed by atoms with Gasteiger partial charge in [-0.1, -0.05) is 42.5 Å². The van der Waals surface area contributed by atoms with E-state index in [1.807, 2.05) is 29.2 Å². The van der Waals surface area contributed by atoms with Gasteiger partial charge in [0.2, 0.25) is 11.8 Å². The predicted octanol–water partition coefficient (Wildman–Crippen LogP) is 6.22. The monoisotopic (exact) mass is 592 g/mol. The molecule has 2 aromatic carbocycles. The summed E-state index contributed by atoms with van der Waals surface area (Å²) in [6.07, 6.45) is -2.54. The highest BCUT2D eigenvalue weighted by Gasteiger charge is 2.54. The molecule has 10 heteroatoms. The molecule has 5 nitrogen and oxygen atoms in total. The lowest BCUT2D eigenvalue weighted by Crippen LogP contribution is -2.56. The third kappa shape index (κ3) is 5.76. The highest BCUT2D eigenvalue weighted by molar-refractivity contribution is 5.82. The van der Waals surface area contributed by atoms with Crippen LogP contribution in [0.5, 0.6) is 5.75 Å². The Balaban J connectivity index is 1.29. The van der Waals surface area contributed by atoms with Crippen LogP contribution in [-0.4, -0.2) is 61.8 Å². The van der Waals surface area contributed by atoms with Gasteiger partial charge >= 0.3 is 6.18 Å². The Hall–Kier alpha value is -2.72. The van der Waals surface area contributed by atoms with Crippen molar-refractivity contribution in [2.45, 2.75) is 74.6 Å². The van der Waals surface area contributed by atoms with Crippen molar-refractivity contribution in [2.75, 3.05) is 32.8 Å². The number of alkyl halides is 5. The number of amides is 1. The molecule has 4 aliphatic rings. The summed E-state index contributed by atoms with van der Waals surface area (Å²) in [5, 5.41) is 3.36. The maximum absolute atomic E-state index is 14.6. The molecule has 1 aliphatic carbocycles. The molecule has 42 heavy (non-hydrogen) atoms. The summed E-state index contributed by atoms with van der Waals surface area (Å²) >= 11 is 0. The molecular formula is C32H37F5N2O3. The molecule has 3 aliphatic heterocycles. The fourth-order valence-corrected chi connectivity index (χ4v) is 7.80. The summed E-state index contributed by atoms with van der Waals surface area (Å²) in [6, 6.07) is 15.1. The number of ether oxygens (including phenoxy) is 2. The zero-order chi connectivity index (χ0) is 29.5. The first-order valence-corrected chi connectivity index (χ1v) is 14.9. The minimum absolute atomic E-state index is 0.0114. The number of nitrogens with zero attached hydrogens (tertiary/aromatic N) is 1. The Morgan fingerprint density at radius 2 is 1.81 bits per heavy atom. The average molecular weight is 593 g/mol. The predicted molar refractivity (Wildman–Crippen MR) is 147 cm³/mol. The van der Waals surface area contributed by atoms with E-state index in [0.29, 0.717) is 38.0 Å². The Morgan fingerprint density at radius 3 is 2.55 bits per heavy atom. The van der Waals surface area contributed by atoms with E-state index < -0.39 is 30.0 Å². The van der Waals surface area contributed by atoms with E-state index in [4.69, 9.17) is 9.47 Å². The van der Waals surface area contributed by atoms with Gasteiger partial charge in [0.05, 0.1) is 19.1 Å². The minimum Gasteiger partial charge on any atom is -0.484 e. The lowest BCUT2D eigenvalue weighted by Gasteiger charge is -2.48. The van der Waals surface area contributed by atoms with Gasteiger partial charge in [-0.2, -0.15) is 13.2 Å². The third-order valence-corrected chi connectivity index (χ3v) is 9.93. The number of halogens is 5. The molecule has 0 bridgehead atoms. The van der Waals surface area contributed by atoms with E-state index in [-0.39, 0.29) is 55.6 Å². The van der Waals surface area contributed by atoms with E-state index in [1.54, 1.807) is 6.07 Å². The first-order chi connectivity index (χ1) is 20.1.